The molecule has 1 heterocycles. The van der Waals surface area contributed by atoms with Gasteiger partial charge in [-0.2, -0.15) is 0 Å². The zero-order chi connectivity index (χ0) is 19.2. The molecule has 1 saturated heterocycles. The van der Waals surface area contributed by atoms with Gasteiger partial charge in [0.15, 0.2) is 0 Å². The molecular weight excluding hydrogens is 378 g/mol. The lowest BCUT2D eigenvalue weighted by Crippen LogP contribution is -2.50. The molecule has 7 heteroatoms. The maximum absolute atomic E-state index is 12.6. The molecule has 2 aromatic rings. The third-order valence-electron chi connectivity index (χ3n) is 4.90. The van der Waals surface area contributed by atoms with Gasteiger partial charge >= 0.3 is 0 Å². The SMILES string of the molecule is COc1cccc(C(=O)N2CCN(C(=O)CCc3ccccc3N)CC2)c1.Cl. The Morgan fingerprint density at radius 2 is 1.68 bits per heavy atom. The van der Waals surface area contributed by atoms with E-state index in [0.717, 1.165) is 11.3 Å². The number of hydrogen-bond acceptors (Lipinski definition) is 4. The molecule has 0 atom stereocenters. The molecule has 0 aliphatic carbocycles. The number of carbonyl (C=O) groups is 2. The van der Waals surface area contributed by atoms with Gasteiger partial charge in [0.2, 0.25) is 5.91 Å². The second-order valence-corrected chi connectivity index (χ2v) is 6.60. The van der Waals surface area contributed by atoms with Crippen molar-refractivity contribution in [3.63, 3.8) is 0 Å². The number of halogens is 1. The standard InChI is InChI=1S/C21H25N3O3.ClH/c1-27-18-7-4-6-17(15-18)21(26)24-13-11-23(12-14-24)20(25)10-9-16-5-2-3-8-19(16)22;/h2-8,15H,9-14,22H2,1H3;1H. The third-order valence-corrected chi connectivity index (χ3v) is 4.90. The Morgan fingerprint density at radius 1 is 1.00 bits per heavy atom. The highest BCUT2D eigenvalue weighted by atomic mass is 35.5. The fourth-order valence-electron chi connectivity index (χ4n) is 3.26. The van der Waals surface area contributed by atoms with Crippen molar-refractivity contribution in [1.29, 1.82) is 0 Å². The van der Waals surface area contributed by atoms with Crippen LogP contribution in [0.3, 0.4) is 0 Å². The summed E-state index contributed by atoms with van der Waals surface area (Å²) in [5.41, 5.74) is 8.26. The van der Waals surface area contributed by atoms with E-state index in [2.05, 4.69) is 0 Å². The Hall–Kier alpha value is -2.73. The normalized spacial score (nSPS) is 13.6. The van der Waals surface area contributed by atoms with Crippen LogP contribution in [0.2, 0.25) is 0 Å². The highest BCUT2D eigenvalue weighted by Crippen LogP contribution is 2.17. The average Bonchev–Trinajstić information content (AvgIpc) is 2.72. The van der Waals surface area contributed by atoms with Gasteiger partial charge in [-0.1, -0.05) is 24.3 Å². The predicted octanol–water partition coefficient (Wildman–Crippen LogP) is 2.62. The molecule has 28 heavy (non-hydrogen) atoms. The number of para-hydroxylation sites is 1. The van der Waals surface area contributed by atoms with Crippen molar-refractivity contribution in [3.8, 4) is 5.75 Å². The largest absolute Gasteiger partial charge is 0.497 e. The maximum atomic E-state index is 12.6. The van der Waals surface area contributed by atoms with Crippen molar-refractivity contribution >= 4 is 29.9 Å². The van der Waals surface area contributed by atoms with E-state index in [0.29, 0.717) is 50.3 Å². The van der Waals surface area contributed by atoms with Gasteiger partial charge in [-0.05, 0) is 36.2 Å². The summed E-state index contributed by atoms with van der Waals surface area (Å²) in [4.78, 5) is 28.7. The number of nitrogens with zero attached hydrogens (tertiary/aromatic N) is 2. The zero-order valence-corrected chi connectivity index (χ0v) is 16.8. The van der Waals surface area contributed by atoms with E-state index < -0.39 is 0 Å². The maximum Gasteiger partial charge on any atom is 0.254 e. The van der Waals surface area contributed by atoms with Gasteiger partial charge < -0.3 is 20.3 Å². The summed E-state index contributed by atoms with van der Waals surface area (Å²) in [5, 5.41) is 0. The van der Waals surface area contributed by atoms with Crippen molar-refractivity contribution < 1.29 is 14.3 Å². The number of nitrogens with two attached hydrogens (primary N) is 1. The van der Waals surface area contributed by atoms with E-state index in [-0.39, 0.29) is 24.2 Å². The molecular formula is C21H26ClN3O3. The Labute approximate surface area is 171 Å². The summed E-state index contributed by atoms with van der Waals surface area (Å²) in [5.74, 6) is 0.736. The molecule has 0 bridgehead atoms. The van der Waals surface area contributed by atoms with E-state index in [1.807, 2.05) is 35.2 Å². The number of benzene rings is 2. The van der Waals surface area contributed by atoms with Crippen molar-refractivity contribution in [1.82, 2.24) is 9.80 Å². The van der Waals surface area contributed by atoms with E-state index in [4.69, 9.17) is 10.5 Å². The summed E-state index contributed by atoms with van der Waals surface area (Å²) in [6.45, 7) is 2.18. The number of piperazine rings is 1. The van der Waals surface area contributed by atoms with Crippen LogP contribution in [0.5, 0.6) is 5.75 Å². The molecule has 1 aliphatic rings. The minimum atomic E-state index is -0.0296. The quantitative estimate of drug-likeness (QED) is 0.778. The lowest BCUT2D eigenvalue weighted by molar-refractivity contribution is -0.132. The summed E-state index contributed by atoms with van der Waals surface area (Å²) in [7, 11) is 1.58. The van der Waals surface area contributed by atoms with Crippen molar-refractivity contribution in [2.45, 2.75) is 12.8 Å². The summed E-state index contributed by atoms with van der Waals surface area (Å²) in [6.07, 6.45) is 1.06. The molecule has 0 aromatic heterocycles. The van der Waals surface area contributed by atoms with Gasteiger partial charge in [-0.3, -0.25) is 9.59 Å². The molecule has 3 rings (SSSR count). The number of rotatable bonds is 5. The molecule has 150 valence electrons. The van der Waals surface area contributed by atoms with Crippen LogP contribution >= 0.6 is 12.4 Å². The molecule has 0 spiro atoms. The summed E-state index contributed by atoms with van der Waals surface area (Å²) >= 11 is 0. The van der Waals surface area contributed by atoms with Crippen LogP contribution in [0.15, 0.2) is 48.5 Å². The molecule has 1 aliphatic heterocycles. The van der Waals surface area contributed by atoms with E-state index >= 15 is 0 Å². The van der Waals surface area contributed by atoms with Crippen LogP contribution in [0.1, 0.15) is 22.3 Å². The van der Waals surface area contributed by atoms with Crippen molar-refractivity contribution in [3.05, 3.63) is 59.7 Å². The first kappa shape index (κ1) is 21.6. The predicted molar refractivity (Wildman–Crippen MR) is 112 cm³/mol. The minimum Gasteiger partial charge on any atom is -0.497 e. The number of hydrogen-bond donors (Lipinski definition) is 1. The lowest BCUT2D eigenvalue weighted by Gasteiger charge is -2.35. The first-order valence-corrected chi connectivity index (χ1v) is 9.13. The highest BCUT2D eigenvalue weighted by Gasteiger charge is 2.24. The van der Waals surface area contributed by atoms with Crippen LogP contribution in [-0.4, -0.2) is 54.9 Å². The number of methoxy groups -OCH3 is 1. The first-order chi connectivity index (χ1) is 13.1. The molecule has 0 unspecified atom stereocenters. The Balaban J connectivity index is 0.00000280. The van der Waals surface area contributed by atoms with Crippen LogP contribution in [0.25, 0.3) is 0 Å². The lowest BCUT2D eigenvalue weighted by atomic mass is 10.1. The van der Waals surface area contributed by atoms with Gasteiger partial charge in [-0.25, -0.2) is 0 Å². The Bertz CT molecular complexity index is 820. The molecule has 6 nitrogen and oxygen atoms in total. The smallest absolute Gasteiger partial charge is 0.254 e. The van der Waals surface area contributed by atoms with Crippen LogP contribution in [-0.2, 0) is 11.2 Å². The molecule has 2 amide bonds. The Morgan fingerprint density at radius 3 is 2.36 bits per heavy atom. The van der Waals surface area contributed by atoms with Gasteiger partial charge in [0.25, 0.3) is 5.91 Å². The average molecular weight is 404 g/mol. The van der Waals surface area contributed by atoms with Gasteiger partial charge in [-0.15, -0.1) is 12.4 Å². The third kappa shape index (κ3) is 5.16. The minimum absolute atomic E-state index is 0. The Kier molecular flexibility index (Phi) is 7.70. The van der Waals surface area contributed by atoms with Crippen molar-refractivity contribution in [2.75, 3.05) is 39.0 Å². The fraction of sp³-hybridized carbons (Fsp3) is 0.333. The second kappa shape index (κ2) is 9.99. The van der Waals surface area contributed by atoms with Crippen molar-refractivity contribution in [2.24, 2.45) is 0 Å². The molecule has 0 radical (unpaired) electrons. The van der Waals surface area contributed by atoms with E-state index in [1.54, 1.807) is 30.2 Å². The van der Waals surface area contributed by atoms with Crippen LogP contribution < -0.4 is 10.5 Å². The summed E-state index contributed by atoms with van der Waals surface area (Å²) in [6, 6.07) is 14.8. The topological polar surface area (TPSA) is 75.9 Å². The molecule has 0 saturated carbocycles. The first-order valence-electron chi connectivity index (χ1n) is 9.13. The number of carbonyl (C=O) groups excluding carboxylic acids is 2. The van der Waals surface area contributed by atoms with Crippen LogP contribution in [0.4, 0.5) is 5.69 Å². The monoisotopic (exact) mass is 403 g/mol. The number of aryl methyl sites for hydroxylation is 1. The molecule has 1 fully saturated rings. The van der Waals surface area contributed by atoms with Gasteiger partial charge in [0, 0.05) is 43.9 Å². The number of nitrogen functional groups attached to an aromatic ring is 1. The fourth-order valence-corrected chi connectivity index (χ4v) is 3.26. The zero-order valence-electron chi connectivity index (χ0n) is 16.0. The van der Waals surface area contributed by atoms with E-state index in [1.165, 1.54) is 0 Å². The number of ether oxygens (including phenoxy) is 1. The number of amides is 2. The second-order valence-electron chi connectivity index (χ2n) is 6.60. The summed E-state index contributed by atoms with van der Waals surface area (Å²) < 4.78 is 5.18. The molecule has 2 N–H and O–H groups in total. The van der Waals surface area contributed by atoms with Crippen LogP contribution in [0, 0.1) is 0 Å². The van der Waals surface area contributed by atoms with Gasteiger partial charge in [0.1, 0.15) is 5.75 Å². The van der Waals surface area contributed by atoms with E-state index in [9.17, 15) is 9.59 Å². The molecule has 2 aromatic carbocycles. The number of anilines is 1. The highest BCUT2D eigenvalue weighted by molar-refractivity contribution is 5.94. The van der Waals surface area contributed by atoms with Gasteiger partial charge in [0.05, 0.1) is 7.11 Å².